The minimum absolute atomic E-state index is 0.192. The molecule has 0 aliphatic rings. The highest BCUT2D eigenvalue weighted by Crippen LogP contribution is 2.38. The van der Waals surface area contributed by atoms with Gasteiger partial charge in [-0.15, -0.1) is 0 Å². The number of aryl methyl sites for hydroxylation is 3. The molecule has 0 aliphatic carbocycles. The van der Waals surface area contributed by atoms with Crippen molar-refractivity contribution >= 4 is 34.1 Å². The molecule has 0 fully saturated rings. The molecule has 0 radical (unpaired) electrons. The molecule has 0 amide bonds. The molecule has 6 aromatic carbocycles. The van der Waals surface area contributed by atoms with E-state index in [-0.39, 0.29) is 19.8 Å². The predicted molar refractivity (Wildman–Crippen MR) is 207 cm³/mol. The van der Waals surface area contributed by atoms with Crippen LogP contribution in [0.5, 0.6) is 0 Å². The smallest absolute Gasteiger partial charge is 0.0462 e. The van der Waals surface area contributed by atoms with Crippen LogP contribution in [0.4, 0.5) is 34.1 Å². The van der Waals surface area contributed by atoms with Gasteiger partial charge < -0.3 is 25.1 Å². The van der Waals surface area contributed by atoms with Gasteiger partial charge in [0.15, 0.2) is 0 Å². The first-order valence-electron chi connectivity index (χ1n) is 17.6. The molecule has 0 unspecified atom stereocenters. The van der Waals surface area contributed by atoms with Crippen LogP contribution >= 0.6 is 0 Å². The van der Waals surface area contributed by atoms with Crippen molar-refractivity contribution in [2.24, 2.45) is 0 Å². The van der Waals surface area contributed by atoms with Gasteiger partial charge in [0.2, 0.25) is 0 Å². The average molecular weight is 663 g/mol. The van der Waals surface area contributed by atoms with Crippen LogP contribution in [0.15, 0.2) is 152 Å². The van der Waals surface area contributed by atoms with E-state index in [0.29, 0.717) is 0 Å². The first-order valence-corrected chi connectivity index (χ1v) is 17.6. The third-order valence-electron chi connectivity index (χ3n) is 9.05. The predicted octanol–water partition coefficient (Wildman–Crippen LogP) is 10.1. The van der Waals surface area contributed by atoms with Gasteiger partial charge in [-0.3, -0.25) is 0 Å². The molecule has 0 aliphatic heterocycles. The fourth-order valence-corrected chi connectivity index (χ4v) is 6.36. The molecule has 0 saturated carbocycles. The molecule has 0 heterocycles. The summed E-state index contributed by atoms with van der Waals surface area (Å²) in [5.41, 5.74) is 12.4. The molecule has 3 N–H and O–H groups in total. The van der Waals surface area contributed by atoms with E-state index in [2.05, 4.69) is 155 Å². The summed E-state index contributed by atoms with van der Waals surface area (Å²) in [6, 6.07) is 53.7. The van der Waals surface area contributed by atoms with Crippen LogP contribution in [0.2, 0.25) is 0 Å². The van der Waals surface area contributed by atoms with Crippen LogP contribution in [-0.2, 0) is 19.3 Å². The van der Waals surface area contributed by atoms with Gasteiger partial charge in [-0.2, -0.15) is 0 Å². The Morgan fingerprint density at radius 1 is 0.300 bits per heavy atom. The molecule has 5 heteroatoms. The number of aliphatic hydroxyl groups is 3. The highest BCUT2D eigenvalue weighted by atomic mass is 16.3. The van der Waals surface area contributed by atoms with Crippen molar-refractivity contribution in [2.45, 2.75) is 38.5 Å². The van der Waals surface area contributed by atoms with Crippen molar-refractivity contribution in [3.63, 3.8) is 0 Å². The van der Waals surface area contributed by atoms with Gasteiger partial charge in [-0.25, -0.2) is 0 Å². The lowest BCUT2D eigenvalue weighted by molar-refractivity contribution is 0.288. The zero-order valence-corrected chi connectivity index (χ0v) is 28.5. The highest BCUT2D eigenvalue weighted by molar-refractivity contribution is 5.80. The number of rotatable bonds is 16. The van der Waals surface area contributed by atoms with E-state index in [4.69, 9.17) is 0 Å². The SMILES string of the molecule is OCCCc1ccc(N(c2ccccc2)c2ccc(-c3ccc(N(c4ccc(CCCO)cc4)c4ccc(CCCO)cc4)cc3)cc2)cc1. The quantitative estimate of drug-likeness (QED) is 0.0963. The summed E-state index contributed by atoms with van der Waals surface area (Å²) in [5.74, 6) is 0. The van der Waals surface area contributed by atoms with Crippen molar-refractivity contribution in [1.29, 1.82) is 0 Å². The van der Waals surface area contributed by atoms with Crippen molar-refractivity contribution in [3.8, 4) is 11.1 Å². The maximum atomic E-state index is 9.28. The molecule has 6 rings (SSSR count). The zero-order chi connectivity index (χ0) is 34.5. The molecule has 6 aromatic rings. The molecule has 0 aromatic heterocycles. The lowest BCUT2D eigenvalue weighted by atomic mass is 10.0. The van der Waals surface area contributed by atoms with E-state index in [1.54, 1.807) is 0 Å². The van der Waals surface area contributed by atoms with Gasteiger partial charge in [0.05, 0.1) is 0 Å². The van der Waals surface area contributed by atoms with Crippen LogP contribution in [-0.4, -0.2) is 35.1 Å². The Morgan fingerprint density at radius 2 is 0.560 bits per heavy atom. The monoisotopic (exact) mass is 662 g/mol. The molecule has 254 valence electrons. The second-order valence-corrected chi connectivity index (χ2v) is 12.6. The Morgan fingerprint density at radius 3 is 0.840 bits per heavy atom. The summed E-state index contributed by atoms with van der Waals surface area (Å²) in [6.07, 6.45) is 4.84. The minimum Gasteiger partial charge on any atom is -0.396 e. The van der Waals surface area contributed by atoms with E-state index < -0.39 is 0 Å². The van der Waals surface area contributed by atoms with Gasteiger partial charge >= 0.3 is 0 Å². The Hall–Kier alpha value is -5.20. The number of para-hydroxylation sites is 1. The van der Waals surface area contributed by atoms with Gasteiger partial charge in [0.1, 0.15) is 0 Å². The van der Waals surface area contributed by atoms with Gasteiger partial charge in [0.25, 0.3) is 0 Å². The van der Waals surface area contributed by atoms with E-state index >= 15 is 0 Å². The fraction of sp³-hybridized carbons (Fsp3) is 0.200. The number of aliphatic hydroxyl groups excluding tert-OH is 3. The summed E-state index contributed by atoms with van der Waals surface area (Å²) in [6.45, 7) is 0.584. The van der Waals surface area contributed by atoms with Gasteiger partial charge in [-0.1, -0.05) is 78.9 Å². The zero-order valence-electron chi connectivity index (χ0n) is 28.5. The summed E-state index contributed by atoms with van der Waals surface area (Å²) in [7, 11) is 0. The van der Waals surface area contributed by atoms with Crippen LogP contribution in [0, 0.1) is 0 Å². The van der Waals surface area contributed by atoms with E-state index in [0.717, 1.165) is 83.8 Å². The summed E-state index contributed by atoms with van der Waals surface area (Å²) < 4.78 is 0. The topological polar surface area (TPSA) is 67.2 Å². The van der Waals surface area contributed by atoms with Crippen LogP contribution in [0.3, 0.4) is 0 Å². The second kappa shape index (κ2) is 17.5. The van der Waals surface area contributed by atoms with E-state index in [9.17, 15) is 15.3 Å². The van der Waals surface area contributed by atoms with Crippen molar-refractivity contribution in [3.05, 3.63) is 168 Å². The largest absolute Gasteiger partial charge is 0.396 e. The first kappa shape index (κ1) is 34.7. The lowest BCUT2D eigenvalue weighted by Crippen LogP contribution is -2.10. The molecule has 0 atom stereocenters. The molecule has 0 saturated heterocycles. The average Bonchev–Trinajstić information content (AvgIpc) is 3.18. The van der Waals surface area contributed by atoms with E-state index in [1.807, 2.05) is 6.07 Å². The van der Waals surface area contributed by atoms with Crippen LogP contribution in [0.1, 0.15) is 36.0 Å². The molecule has 0 bridgehead atoms. The maximum Gasteiger partial charge on any atom is 0.0462 e. The third kappa shape index (κ3) is 8.68. The summed E-state index contributed by atoms with van der Waals surface area (Å²) in [4.78, 5) is 4.54. The Labute approximate surface area is 296 Å². The number of anilines is 6. The Bertz CT molecular complexity index is 1820. The molecule has 0 spiro atoms. The molecular weight excluding hydrogens is 617 g/mol. The number of nitrogens with zero attached hydrogens (tertiary/aromatic N) is 2. The van der Waals surface area contributed by atoms with Gasteiger partial charge in [-0.05, 0) is 139 Å². The third-order valence-corrected chi connectivity index (χ3v) is 9.05. The standard InChI is InChI=1S/C45H46N2O3/c48-32-4-7-35-12-22-41(23-13-35)46(40-10-2-1-3-11-40)44-28-18-38(19-29-44)39-20-30-45(31-21-39)47(42-24-14-36(15-25-42)8-5-33-49)43-26-16-37(17-27-43)9-6-34-50/h1-3,10-31,48-50H,4-9,32-34H2. The highest BCUT2D eigenvalue weighted by Gasteiger charge is 2.15. The normalized spacial score (nSPS) is 11.0. The van der Waals surface area contributed by atoms with E-state index in [1.165, 1.54) is 16.7 Å². The first-order chi connectivity index (χ1) is 24.7. The molecular formula is C45H46N2O3. The van der Waals surface area contributed by atoms with Crippen molar-refractivity contribution < 1.29 is 15.3 Å². The summed E-state index contributed by atoms with van der Waals surface area (Å²) in [5, 5.41) is 27.8. The maximum absolute atomic E-state index is 9.28. The van der Waals surface area contributed by atoms with Gasteiger partial charge in [0, 0.05) is 53.9 Å². The lowest BCUT2D eigenvalue weighted by Gasteiger charge is -2.26. The van der Waals surface area contributed by atoms with Crippen molar-refractivity contribution in [2.75, 3.05) is 29.6 Å². The van der Waals surface area contributed by atoms with Crippen LogP contribution in [0.25, 0.3) is 11.1 Å². The number of benzene rings is 6. The second-order valence-electron chi connectivity index (χ2n) is 12.6. The number of hydrogen-bond donors (Lipinski definition) is 3. The summed E-state index contributed by atoms with van der Waals surface area (Å²) >= 11 is 0. The molecule has 5 nitrogen and oxygen atoms in total. The Kier molecular flexibility index (Phi) is 12.1. The Balaban J connectivity index is 1.27. The number of hydrogen-bond acceptors (Lipinski definition) is 5. The minimum atomic E-state index is 0.192. The van der Waals surface area contributed by atoms with Crippen molar-refractivity contribution in [1.82, 2.24) is 0 Å². The molecule has 50 heavy (non-hydrogen) atoms. The van der Waals surface area contributed by atoms with Crippen LogP contribution < -0.4 is 9.80 Å². The fourth-order valence-electron chi connectivity index (χ4n) is 6.36.